The predicted octanol–water partition coefficient (Wildman–Crippen LogP) is 2.89. The number of anilines is 1. The molecular formula is C21H20N6O4S. The van der Waals surface area contributed by atoms with Crippen molar-refractivity contribution in [2.75, 3.05) is 19.5 Å². The minimum atomic E-state index is -0.355. The SMILES string of the molecule is COc1ccc(-c2nc(NC(=O)CCn3c(=S)[nH]c4ccccc4c3=O)n[nH]2)c(OC)c1. The fourth-order valence-electron chi connectivity index (χ4n) is 3.23. The summed E-state index contributed by atoms with van der Waals surface area (Å²) in [6, 6.07) is 12.3. The van der Waals surface area contributed by atoms with E-state index in [0.29, 0.717) is 33.8 Å². The van der Waals surface area contributed by atoms with Crippen molar-refractivity contribution in [1.82, 2.24) is 24.7 Å². The lowest BCUT2D eigenvalue weighted by Gasteiger charge is -2.08. The number of H-pyrrole nitrogens is 2. The third-order valence-electron chi connectivity index (χ3n) is 4.85. The third kappa shape index (κ3) is 4.23. The molecule has 2 aromatic carbocycles. The van der Waals surface area contributed by atoms with Crippen molar-refractivity contribution < 1.29 is 14.3 Å². The van der Waals surface area contributed by atoms with Crippen molar-refractivity contribution in [3.63, 3.8) is 0 Å². The Morgan fingerprint density at radius 3 is 2.78 bits per heavy atom. The number of hydrogen-bond donors (Lipinski definition) is 3. The van der Waals surface area contributed by atoms with E-state index in [2.05, 4.69) is 25.5 Å². The molecule has 3 N–H and O–H groups in total. The molecule has 32 heavy (non-hydrogen) atoms. The minimum absolute atomic E-state index is 0.0193. The van der Waals surface area contributed by atoms with Crippen LogP contribution in [0.25, 0.3) is 22.3 Å². The molecule has 1 amide bonds. The van der Waals surface area contributed by atoms with Gasteiger partial charge in [-0.15, -0.1) is 5.10 Å². The first-order chi connectivity index (χ1) is 15.5. The van der Waals surface area contributed by atoms with Crippen LogP contribution in [0.5, 0.6) is 11.5 Å². The van der Waals surface area contributed by atoms with Crippen LogP contribution in [0, 0.1) is 4.77 Å². The molecule has 11 heteroatoms. The highest BCUT2D eigenvalue weighted by Crippen LogP contribution is 2.31. The Morgan fingerprint density at radius 1 is 1.19 bits per heavy atom. The fourth-order valence-corrected chi connectivity index (χ4v) is 3.52. The normalized spacial score (nSPS) is 10.8. The quantitative estimate of drug-likeness (QED) is 0.368. The number of methoxy groups -OCH3 is 2. The molecule has 0 unspecified atom stereocenters. The topological polar surface area (TPSA) is 127 Å². The molecule has 0 saturated heterocycles. The minimum Gasteiger partial charge on any atom is -0.497 e. The van der Waals surface area contributed by atoms with Crippen LogP contribution in [0.3, 0.4) is 0 Å². The molecule has 0 saturated carbocycles. The second-order valence-corrected chi connectivity index (χ2v) is 7.19. The monoisotopic (exact) mass is 452 g/mol. The van der Waals surface area contributed by atoms with Gasteiger partial charge >= 0.3 is 0 Å². The van der Waals surface area contributed by atoms with Gasteiger partial charge in [-0.1, -0.05) is 12.1 Å². The van der Waals surface area contributed by atoms with Gasteiger partial charge in [0.25, 0.3) is 5.56 Å². The number of rotatable bonds is 7. The molecule has 0 aliphatic rings. The molecule has 2 heterocycles. The van der Waals surface area contributed by atoms with E-state index < -0.39 is 0 Å². The molecule has 0 radical (unpaired) electrons. The lowest BCUT2D eigenvalue weighted by atomic mass is 10.2. The summed E-state index contributed by atoms with van der Waals surface area (Å²) >= 11 is 5.27. The second-order valence-electron chi connectivity index (χ2n) is 6.80. The number of hydrogen-bond acceptors (Lipinski definition) is 7. The van der Waals surface area contributed by atoms with Crippen LogP contribution >= 0.6 is 12.2 Å². The number of nitrogens with one attached hydrogen (secondary N) is 3. The molecule has 0 spiro atoms. The van der Waals surface area contributed by atoms with E-state index in [-0.39, 0.29) is 35.2 Å². The number of aromatic amines is 2. The van der Waals surface area contributed by atoms with Crippen LogP contribution in [0.4, 0.5) is 5.95 Å². The van der Waals surface area contributed by atoms with Gasteiger partial charge in [-0.3, -0.25) is 24.6 Å². The van der Waals surface area contributed by atoms with E-state index in [4.69, 9.17) is 21.7 Å². The average Bonchev–Trinajstić information content (AvgIpc) is 3.26. The Balaban J connectivity index is 1.46. The molecule has 2 aromatic heterocycles. The van der Waals surface area contributed by atoms with Crippen molar-refractivity contribution in [1.29, 1.82) is 0 Å². The van der Waals surface area contributed by atoms with Crippen LogP contribution in [0.15, 0.2) is 47.3 Å². The first-order valence-electron chi connectivity index (χ1n) is 9.66. The highest BCUT2D eigenvalue weighted by Gasteiger charge is 2.14. The summed E-state index contributed by atoms with van der Waals surface area (Å²) in [5.41, 5.74) is 1.07. The third-order valence-corrected chi connectivity index (χ3v) is 5.17. The van der Waals surface area contributed by atoms with Crippen molar-refractivity contribution in [2.24, 2.45) is 0 Å². The Kier molecular flexibility index (Phi) is 5.99. The number of fused-ring (bicyclic) bond motifs is 1. The molecule has 0 atom stereocenters. The van der Waals surface area contributed by atoms with Crippen LogP contribution in [-0.2, 0) is 11.3 Å². The highest BCUT2D eigenvalue weighted by molar-refractivity contribution is 7.71. The van der Waals surface area contributed by atoms with E-state index >= 15 is 0 Å². The van der Waals surface area contributed by atoms with Crippen LogP contribution < -0.4 is 20.3 Å². The largest absolute Gasteiger partial charge is 0.497 e. The van der Waals surface area contributed by atoms with E-state index in [9.17, 15) is 9.59 Å². The molecule has 0 aliphatic heterocycles. The predicted molar refractivity (Wildman–Crippen MR) is 122 cm³/mol. The molecule has 4 aromatic rings. The molecule has 10 nitrogen and oxygen atoms in total. The van der Waals surface area contributed by atoms with Crippen molar-refractivity contribution in [3.05, 3.63) is 57.6 Å². The number of nitrogens with zero attached hydrogens (tertiary/aromatic N) is 3. The summed E-state index contributed by atoms with van der Waals surface area (Å²) in [5.74, 6) is 1.36. The number of benzene rings is 2. The number of amides is 1. The molecule has 4 rings (SSSR count). The van der Waals surface area contributed by atoms with Crippen molar-refractivity contribution in [2.45, 2.75) is 13.0 Å². The smallest absolute Gasteiger partial charge is 0.262 e. The van der Waals surface area contributed by atoms with E-state index in [0.717, 1.165) is 0 Å². The molecular weight excluding hydrogens is 432 g/mol. The zero-order valence-corrected chi connectivity index (χ0v) is 18.2. The summed E-state index contributed by atoms with van der Waals surface area (Å²) in [6.45, 7) is 0.119. The number of ether oxygens (including phenoxy) is 2. The van der Waals surface area contributed by atoms with E-state index in [1.54, 1.807) is 43.5 Å². The van der Waals surface area contributed by atoms with Gasteiger partial charge in [0.2, 0.25) is 11.9 Å². The maximum atomic E-state index is 12.7. The standard InChI is InChI=1S/C21H20N6O4S/c1-30-12-7-8-14(16(11-12)31-2)18-24-20(26-25-18)23-17(28)9-10-27-19(29)13-5-3-4-6-15(13)22-21(27)32/h3-8,11H,9-10H2,1-2H3,(H,22,32)(H2,23,24,25,26,28). The Hall–Kier alpha value is -3.99. The van der Waals surface area contributed by atoms with Crippen LogP contribution in [-0.4, -0.2) is 44.9 Å². The van der Waals surface area contributed by atoms with Crippen molar-refractivity contribution >= 4 is 35.0 Å². The maximum absolute atomic E-state index is 12.7. The number of carbonyl (C=O) groups excluding carboxylic acids is 1. The summed E-state index contributed by atoms with van der Waals surface area (Å²) < 4.78 is 12.2. The summed E-state index contributed by atoms with van der Waals surface area (Å²) in [7, 11) is 3.10. The van der Waals surface area contributed by atoms with E-state index in [1.807, 2.05) is 6.07 Å². The van der Waals surface area contributed by atoms with Gasteiger partial charge < -0.3 is 14.5 Å². The molecule has 0 fully saturated rings. The van der Waals surface area contributed by atoms with Gasteiger partial charge in [-0.05, 0) is 36.5 Å². The maximum Gasteiger partial charge on any atom is 0.262 e. The lowest BCUT2D eigenvalue weighted by molar-refractivity contribution is -0.116. The lowest BCUT2D eigenvalue weighted by Crippen LogP contribution is -2.25. The van der Waals surface area contributed by atoms with Gasteiger partial charge in [0.05, 0.1) is 30.7 Å². The second kappa shape index (κ2) is 9.02. The first-order valence-corrected chi connectivity index (χ1v) is 10.1. The zero-order valence-electron chi connectivity index (χ0n) is 17.3. The zero-order chi connectivity index (χ0) is 22.7. The van der Waals surface area contributed by atoms with Gasteiger partial charge in [0.1, 0.15) is 11.5 Å². The fraction of sp³-hybridized carbons (Fsp3) is 0.190. The van der Waals surface area contributed by atoms with E-state index in [1.165, 1.54) is 11.7 Å². The van der Waals surface area contributed by atoms with Gasteiger partial charge in [0.15, 0.2) is 10.6 Å². The van der Waals surface area contributed by atoms with Crippen molar-refractivity contribution in [3.8, 4) is 22.9 Å². The summed E-state index contributed by atoms with van der Waals surface area (Å²) in [5, 5.41) is 9.94. The average molecular weight is 452 g/mol. The Labute approximate surface area is 187 Å². The number of para-hydroxylation sites is 1. The first kappa shape index (κ1) is 21.2. The number of carbonyl (C=O) groups is 1. The molecule has 0 bridgehead atoms. The van der Waals surface area contributed by atoms with Gasteiger partial charge in [-0.2, -0.15) is 4.98 Å². The van der Waals surface area contributed by atoms with Gasteiger partial charge in [-0.25, -0.2) is 0 Å². The van der Waals surface area contributed by atoms with Gasteiger partial charge in [0, 0.05) is 19.0 Å². The summed E-state index contributed by atoms with van der Waals surface area (Å²) in [6.07, 6.45) is 0.0193. The Bertz CT molecular complexity index is 1410. The van der Waals surface area contributed by atoms with Crippen LogP contribution in [0.2, 0.25) is 0 Å². The molecule has 164 valence electrons. The van der Waals surface area contributed by atoms with Crippen LogP contribution in [0.1, 0.15) is 6.42 Å². The molecule has 0 aliphatic carbocycles. The highest BCUT2D eigenvalue weighted by atomic mass is 32.1. The Morgan fingerprint density at radius 2 is 2.00 bits per heavy atom. The number of aromatic nitrogens is 5. The summed E-state index contributed by atoms with van der Waals surface area (Å²) in [4.78, 5) is 32.4.